The lowest BCUT2D eigenvalue weighted by Crippen LogP contribution is -2.54. The molecule has 4 unspecified atom stereocenters. The molecule has 0 amide bonds. The number of likely N-dealkylation sites (tertiary alicyclic amines) is 1. The van der Waals surface area contributed by atoms with E-state index in [1.54, 1.807) is 6.92 Å². The Morgan fingerprint density at radius 3 is 2.55 bits per heavy atom. The van der Waals surface area contributed by atoms with E-state index in [1.807, 2.05) is 0 Å². The number of allylic oxidation sites excluding steroid dienone is 2. The van der Waals surface area contributed by atoms with Crippen LogP contribution in [0.15, 0.2) is 11.6 Å². The fourth-order valence-corrected chi connectivity index (χ4v) is 8.94. The zero-order chi connectivity index (χ0) is 22.5. The van der Waals surface area contributed by atoms with E-state index >= 15 is 0 Å². The molecule has 1 aliphatic heterocycles. The summed E-state index contributed by atoms with van der Waals surface area (Å²) in [7, 11) is 0. The van der Waals surface area contributed by atoms with Crippen molar-refractivity contribution in [3.05, 3.63) is 11.6 Å². The molecule has 5 heteroatoms. The molecule has 0 radical (unpaired) electrons. The van der Waals surface area contributed by atoms with Crippen LogP contribution < -0.4 is 0 Å². The van der Waals surface area contributed by atoms with Gasteiger partial charge in [0.1, 0.15) is 6.10 Å². The van der Waals surface area contributed by atoms with Crippen molar-refractivity contribution in [3.8, 4) is 0 Å². The normalized spacial score (nSPS) is 42.4. The second kappa shape index (κ2) is 9.76. The number of carbonyl (C=O) groups is 2. The second-order valence-electron chi connectivity index (χ2n) is 12.2. The van der Waals surface area contributed by atoms with Crippen LogP contribution in [0.5, 0.6) is 0 Å². The molecule has 0 aromatic carbocycles. The number of hydrogen-bond donors (Lipinski definition) is 0. The molecule has 1 heterocycles. The lowest BCUT2D eigenvalue weighted by atomic mass is 9.44. The van der Waals surface area contributed by atoms with Crippen molar-refractivity contribution < 1.29 is 14.3 Å². The van der Waals surface area contributed by atoms with E-state index in [4.69, 9.17) is 4.74 Å². The van der Waals surface area contributed by atoms with Gasteiger partial charge >= 0.3 is 5.97 Å². The molecule has 5 rings (SSSR count). The summed E-state index contributed by atoms with van der Waals surface area (Å²) in [6, 6.07) is 0. The Bertz CT molecular complexity index is 790. The highest BCUT2D eigenvalue weighted by molar-refractivity contribution is 8.93. The van der Waals surface area contributed by atoms with Gasteiger partial charge < -0.3 is 9.64 Å². The molecule has 1 saturated heterocycles. The zero-order valence-electron chi connectivity index (χ0n) is 20.9. The SMILES string of the molecule is Br.CC(=O)C1=CCC2C3CC[C@H]4CC(OC(=O)CCN5CCCC5)CC[C@]4(C)C3CC[C@]12C. The third-order valence-corrected chi connectivity index (χ3v) is 10.7. The van der Waals surface area contributed by atoms with Gasteiger partial charge in [-0.1, -0.05) is 19.9 Å². The van der Waals surface area contributed by atoms with Crippen molar-refractivity contribution in [1.82, 2.24) is 4.90 Å². The highest BCUT2D eigenvalue weighted by atomic mass is 79.9. The van der Waals surface area contributed by atoms with Crippen LogP contribution in [0.3, 0.4) is 0 Å². The fourth-order valence-electron chi connectivity index (χ4n) is 8.94. The molecule has 0 spiro atoms. The smallest absolute Gasteiger partial charge is 0.307 e. The van der Waals surface area contributed by atoms with Gasteiger partial charge in [0, 0.05) is 6.54 Å². The number of hydrogen-bond acceptors (Lipinski definition) is 4. The molecule has 4 aliphatic carbocycles. The van der Waals surface area contributed by atoms with Gasteiger partial charge in [-0.05, 0) is 124 Å². The van der Waals surface area contributed by atoms with Crippen molar-refractivity contribution >= 4 is 28.7 Å². The lowest BCUT2D eigenvalue weighted by Gasteiger charge is -2.60. The number of carbonyl (C=O) groups excluding carboxylic acids is 2. The van der Waals surface area contributed by atoms with Crippen LogP contribution in [0.2, 0.25) is 0 Å². The summed E-state index contributed by atoms with van der Waals surface area (Å²) < 4.78 is 6.00. The molecule has 3 saturated carbocycles. The fraction of sp³-hybridized carbons (Fsp3) is 0.857. The van der Waals surface area contributed by atoms with Crippen LogP contribution in [-0.4, -0.2) is 42.4 Å². The minimum atomic E-state index is 0. The molecule has 5 aliphatic rings. The maximum Gasteiger partial charge on any atom is 0.307 e. The van der Waals surface area contributed by atoms with Crippen molar-refractivity contribution in [3.63, 3.8) is 0 Å². The van der Waals surface area contributed by atoms with Gasteiger partial charge in [-0.15, -0.1) is 17.0 Å². The maximum absolute atomic E-state index is 12.5. The summed E-state index contributed by atoms with van der Waals surface area (Å²) in [5.74, 6) is 3.16. The van der Waals surface area contributed by atoms with Crippen LogP contribution in [0, 0.1) is 34.5 Å². The number of ketones is 1. The number of rotatable bonds is 5. The number of esters is 1. The van der Waals surface area contributed by atoms with Crippen LogP contribution in [-0.2, 0) is 14.3 Å². The minimum Gasteiger partial charge on any atom is -0.462 e. The standard InChI is InChI=1S/C28H43NO3.BrH/c1-19(30)23-8-9-24-22-7-6-20-18-21(32-26(31)12-17-29-15-4-5-16-29)10-13-27(20,2)25(22)11-14-28(23,24)3;/h8,20-22,24-25H,4-7,9-18H2,1-3H3;1H/t20-,21?,22?,24?,25?,27-,28+;/m0./s1. The molecule has 0 aromatic rings. The summed E-state index contributed by atoms with van der Waals surface area (Å²) >= 11 is 0. The van der Waals surface area contributed by atoms with Gasteiger partial charge in [-0.25, -0.2) is 0 Å². The topological polar surface area (TPSA) is 46.6 Å². The quantitative estimate of drug-likeness (QED) is 0.408. The van der Waals surface area contributed by atoms with Crippen LogP contribution in [0.1, 0.15) is 91.4 Å². The highest BCUT2D eigenvalue weighted by Gasteiger charge is 2.59. The molecule has 0 bridgehead atoms. The summed E-state index contributed by atoms with van der Waals surface area (Å²) in [5.41, 5.74) is 1.61. The first-order valence-electron chi connectivity index (χ1n) is 13.4. The third-order valence-electron chi connectivity index (χ3n) is 10.7. The van der Waals surface area contributed by atoms with Crippen molar-refractivity contribution in [2.24, 2.45) is 34.5 Å². The largest absolute Gasteiger partial charge is 0.462 e. The van der Waals surface area contributed by atoms with Crippen LogP contribution in [0.25, 0.3) is 0 Å². The zero-order valence-corrected chi connectivity index (χ0v) is 22.7. The summed E-state index contributed by atoms with van der Waals surface area (Å²) in [6.45, 7) is 9.84. The Morgan fingerprint density at radius 2 is 1.82 bits per heavy atom. The average Bonchev–Trinajstić information content (AvgIpc) is 3.39. The average molecular weight is 523 g/mol. The van der Waals surface area contributed by atoms with E-state index in [2.05, 4.69) is 24.8 Å². The molecular formula is C28H44BrNO3. The van der Waals surface area contributed by atoms with E-state index < -0.39 is 0 Å². The summed E-state index contributed by atoms with van der Waals surface area (Å²) in [6.07, 6.45) is 14.9. The minimum absolute atomic E-state index is 0. The van der Waals surface area contributed by atoms with Gasteiger partial charge in [0.15, 0.2) is 5.78 Å². The van der Waals surface area contributed by atoms with Gasteiger partial charge in [0.05, 0.1) is 6.42 Å². The first-order valence-corrected chi connectivity index (χ1v) is 13.4. The highest BCUT2D eigenvalue weighted by Crippen LogP contribution is 2.66. The van der Waals surface area contributed by atoms with Crippen molar-refractivity contribution in [2.75, 3.05) is 19.6 Å². The first-order chi connectivity index (χ1) is 15.3. The van der Waals surface area contributed by atoms with E-state index in [1.165, 1.54) is 44.9 Å². The van der Waals surface area contributed by atoms with Crippen LogP contribution >= 0.6 is 17.0 Å². The summed E-state index contributed by atoms with van der Waals surface area (Å²) in [4.78, 5) is 27.2. The first kappa shape index (κ1) is 25.4. The molecule has 4 fully saturated rings. The number of fused-ring (bicyclic) bond motifs is 5. The van der Waals surface area contributed by atoms with E-state index in [-0.39, 0.29) is 34.5 Å². The monoisotopic (exact) mass is 521 g/mol. The van der Waals surface area contributed by atoms with Gasteiger partial charge in [-0.3, -0.25) is 9.59 Å². The maximum atomic E-state index is 12.5. The number of nitrogens with zero attached hydrogens (tertiary/aromatic N) is 1. The molecule has 7 atom stereocenters. The Hall–Kier alpha value is -0.680. The Kier molecular flexibility index (Phi) is 7.51. The Morgan fingerprint density at radius 1 is 1.06 bits per heavy atom. The van der Waals surface area contributed by atoms with Crippen molar-refractivity contribution in [1.29, 1.82) is 0 Å². The molecule has 33 heavy (non-hydrogen) atoms. The predicted molar refractivity (Wildman–Crippen MR) is 136 cm³/mol. The Balaban J connectivity index is 0.00000259. The van der Waals surface area contributed by atoms with E-state index in [0.29, 0.717) is 29.5 Å². The molecule has 4 nitrogen and oxygen atoms in total. The molecule has 186 valence electrons. The molecular weight excluding hydrogens is 478 g/mol. The van der Waals surface area contributed by atoms with Gasteiger partial charge in [-0.2, -0.15) is 0 Å². The second-order valence-corrected chi connectivity index (χ2v) is 12.2. The number of ether oxygens (including phenoxy) is 1. The molecule has 0 aromatic heterocycles. The summed E-state index contributed by atoms with van der Waals surface area (Å²) in [5, 5.41) is 0. The number of halogens is 1. The van der Waals surface area contributed by atoms with Gasteiger partial charge in [0.2, 0.25) is 0 Å². The lowest BCUT2D eigenvalue weighted by molar-refractivity contribution is -0.161. The van der Waals surface area contributed by atoms with E-state index in [0.717, 1.165) is 56.3 Å². The van der Waals surface area contributed by atoms with Crippen molar-refractivity contribution in [2.45, 2.75) is 97.5 Å². The third kappa shape index (κ3) is 4.50. The van der Waals surface area contributed by atoms with Gasteiger partial charge in [0.25, 0.3) is 0 Å². The van der Waals surface area contributed by atoms with E-state index in [9.17, 15) is 9.59 Å². The van der Waals surface area contributed by atoms with Crippen LogP contribution in [0.4, 0.5) is 0 Å². The Labute approximate surface area is 211 Å². The predicted octanol–water partition coefficient (Wildman–Crippen LogP) is 6.13. The number of Topliss-reactive ketones (excluding diaryl/α,β-unsaturated/α-hetero) is 1. The molecule has 0 N–H and O–H groups in total.